The van der Waals surface area contributed by atoms with Crippen LogP contribution in [0.5, 0.6) is 0 Å². The van der Waals surface area contributed by atoms with Gasteiger partial charge in [0.2, 0.25) is 5.91 Å². The van der Waals surface area contributed by atoms with Gasteiger partial charge < -0.3 is 15.4 Å². The lowest BCUT2D eigenvalue weighted by Crippen LogP contribution is -2.35. The normalized spacial score (nSPS) is 17.2. The van der Waals surface area contributed by atoms with E-state index in [0.717, 1.165) is 12.1 Å². The second-order valence-corrected chi connectivity index (χ2v) is 9.34. The van der Waals surface area contributed by atoms with Crippen LogP contribution in [0.1, 0.15) is 19.4 Å². The van der Waals surface area contributed by atoms with Gasteiger partial charge in [0.15, 0.2) is 5.82 Å². The van der Waals surface area contributed by atoms with Crippen LogP contribution in [0.25, 0.3) is 11.4 Å². The van der Waals surface area contributed by atoms with Crippen LogP contribution in [0, 0.1) is 17.0 Å². The number of benzene rings is 2. The molecule has 2 heterocycles. The van der Waals surface area contributed by atoms with Gasteiger partial charge in [0, 0.05) is 16.5 Å². The molecule has 1 aliphatic rings. The van der Waals surface area contributed by atoms with Crippen molar-refractivity contribution in [3.63, 3.8) is 0 Å². The average molecular weight is 523 g/mol. The molecule has 0 radical (unpaired) electrons. The zero-order valence-electron chi connectivity index (χ0n) is 17.8. The van der Waals surface area contributed by atoms with Crippen LogP contribution in [-0.2, 0) is 16.0 Å². The molecule has 8 nitrogen and oxygen atoms in total. The molecule has 11 heteroatoms. The van der Waals surface area contributed by atoms with Gasteiger partial charge in [0.25, 0.3) is 0 Å². The summed E-state index contributed by atoms with van der Waals surface area (Å²) >= 11 is 2.92. The molecule has 1 atom stereocenters. The van der Waals surface area contributed by atoms with Gasteiger partial charge in [-0.3, -0.25) is 14.3 Å². The van der Waals surface area contributed by atoms with E-state index in [0.29, 0.717) is 30.2 Å². The van der Waals surface area contributed by atoms with E-state index in [4.69, 9.17) is 4.74 Å². The molecule has 3 N–H and O–H groups in total. The number of halogens is 3. The molecular formula is C22H21BrF2N4O4. The number of amides is 1. The summed E-state index contributed by atoms with van der Waals surface area (Å²) in [4.78, 5) is 26.5. The van der Waals surface area contributed by atoms with E-state index < -0.39 is 23.3 Å². The van der Waals surface area contributed by atoms with Gasteiger partial charge in [-0.2, -0.15) is 0 Å². The molecule has 174 valence electrons. The SMILES string of the molecule is CC1(C)COC[C@H]1Nc1cc(-c2noc(=O)[nH]2)ccc1NC(=O)Cc1cc(F)c(Br)cc1F. The van der Waals surface area contributed by atoms with Crippen molar-refractivity contribution in [1.82, 2.24) is 10.1 Å². The van der Waals surface area contributed by atoms with Crippen LogP contribution in [0.3, 0.4) is 0 Å². The lowest BCUT2D eigenvalue weighted by atomic mass is 9.87. The Balaban J connectivity index is 1.61. The maximum atomic E-state index is 14.2. The number of aromatic amines is 1. The number of ether oxygens (including phenoxy) is 1. The van der Waals surface area contributed by atoms with Crippen molar-refractivity contribution in [2.75, 3.05) is 23.8 Å². The van der Waals surface area contributed by atoms with Crippen molar-refractivity contribution in [3.05, 3.63) is 62.6 Å². The number of hydrogen-bond donors (Lipinski definition) is 3. The summed E-state index contributed by atoms with van der Waals surface area (Å²) in [5, 5.41) is 9.83. The van der Waals surface area contributed by atoms with E-state index in [1.54, 1.807) is 18.2 Å². The quantitative estimate of drug-likeness (QED) is 0.420. The lowest BCUT2D eigenvalue weighted by molar-refractivity contribution is -0.115. The van der Waals surface area contributed by atoms with Crippen LogP contribution in [-0.4, -0.2) is 35.3 Å². The molecule has 1 saturated heterocycles. The molecule has 0 saturated carbocycles. The number of hydrogen-bond acceptors (Lipinski definition) is 6. The highest BCUT2D eigenvalue weighted by Gasteiger charge is 2.36. The summed E-state index contributed by atoms with van der Waals surface area (Å²) in [7, 11) is 0. The molecule has 3 aromatic rings. The molecule has 0 bridgehead atoms. The first-order valence-corrected chi connectivity index (χ1v) is 10.9. The van der Waals surface area contributed by atoms with Gasteiger partial charge in [-0.05, 0) is 46.3 Å². The van der Waals surface area contributed by atoms with Crippen molar-refractivity contribution in [2.45, 2.75) is 26.3 Å². The summed E-state index contributed by atoms with van der Waals surface area (Å²) in [6.45, 7) is 5.14. The summed E-state index contributed by atoms with van der Waals surface area (Å²) in [6.07, 6.45) is -0.355. The van der Waals surface area contributed by atoms with Crippen LogP contribution in [0.4, 0.5) is 20.2 Å². The third-order valence-electron chi connectivity index (χ3n) is 5.48. The fraction of sp³-hybridized carbons (Fsp3) is 0.318. The first kappa shape index (κ1) is 23.1. The Kier molecular flexibility index (Phi) is 6.35. The van der Waals surface area contributed by atoms with Gasteiger partial charge in [0.1, 0.15) is 11.6 Å². The van der Waals surface area contributed by atoms with Crippen molar-refractivity contribution >= 4 is 33.2 Å². The third kappa shape index (κ3) is 5.14. The Labute approximate surface area is 195 Å². The molecule has 1 amide bonds. The minimum absolute atomic E-state index is 0.0153. The summed E-state index contributed by atoms with van der Waals surface area (Å²) < 4.78 is 38.1. The molecular weight excluding hydrogens is 502 g/mol. The van der Waals surface area contributed by atoms with Crippen molar-refractivity contribution in [1.29, 1.82) is 0 Å². The number of rotatable bonds is 6. The van der Waals surface area contributed by atoms with Crippen LogP contribution < -0.4 is 16.4 Å². The first-order valence-electron chi connectivity index (χ1n) is 10.1. The topological polar surface area (TPSA) is 109 Å². The monoisotopic (exact) mass is 522 g/mol. The lowest BCUT2D eigenvalue weighted by Gasteiger charge is -2.27. The molecule has 2 aromatic carbocycles. The van der Waals surface area contributed by atoms with Crippen molar-refractivity contribution < 1.29 is 22.8 Å². The third-order valence-corrected chi connectivity index (χ3v) is 6.09. The number of aromatic nitrogens is 2. The van der Waals surface area contributed by atoms with Crippen molar-refractivity contribution in [2.24, 2.45) is 5.41 Å². The molecule has 1 aromatic heterocycles. The summed E-state index contributed by atoms with van der Waals surface area (Å²) in [6, 6.07) is 6.89. The number of H-pyrrole nitrogens is 1. The Morgan fingerprint density at radius 1 is 1.24 bits per heavy atom. The highest BCUT2D eigenvalue weighted by atomic mass is 79.9. The van der Waals surface area contributed by atoms with Gasteiger partial charge in [-0.1, -0.05) is 19.0 Å². The standard InChI is InChI=1S/C22H21BrF2N4O4/c1-22(2)10-32-9-18(22)26-17-6-11(20-28-21(31)33-29-20)3-4-16(17)27-19(30)7-12-5-15(25)13(23)8-14(12)24/h3-6,8,18,26H,7,9-10H2,1-2H3,(H,27,30)(H,28,29,31)/t18-/m1/s1. The largest absolute Gasteiger partial charge is 0.439 e. The van der Waals surface area contributed by atoms with Gasteiger partial charge in [0.05, 0.1) is 41.5 Å². The molecule has 33 heavy (non-hydrogen) atoms. The van der Waals surface area contributed by atoms with E-state index in [1.165, 1.54) is 0 Å². The number of carbonyl (C=O) groups is 1. The average Bonchev–Trinajstić information content (AvgIpc) is 3.32. The fourth-order valence-electron chi connectivity index (χ4n) is 3.53. The Morgan fingerprint density at radius 2 is 2.03 bits per heavy atom. The second-order valence-electron chi connectivity index (χ2n) is 8.49. The van der Waals surface area contributed by atoms with E-state index in [1.807, 2.05) is 0 Å². The Bertz CT molecular complexity index is 1260. The van der Waals surface area contributed by atoms with E-state index in [-0.39, 0.29) is 33.7 Å². The zero-order chi connectivity index (χ0) is 23.8. The maximum absolute atomic E-state index is 14.2. The number of nitrogens with one attached hydrogen (secondary N) is 3. The van der Waals surface area contributed by atoms with E-state index in [2.05, 4.69) is 55.1 Å². The van der Waals surface area contributed by atoms with Crippen LogP contribution in [0.15, 0.2) is 44.1 Å². The molecule has 1 aliphatic heterocycles. The predicted octanol–water partition coefficient (Wildman–Crippen LogP) is 4.09. The second kappa shape index (κ2) is 9.06. The molecule has 0 unspecified atom stereocenters. The highest BCUT2D eigenvalue weighted by molar-refractivity contribution is 9.10. The fourth-order valence-corrected chi connectivity index (χ4v) is 3.85. The van der Waals surface area contributed by atoms with Gasteiger partial charge in [-0.15, -0.1) is 0 Å². The smallest absolute Gasteiger partial charge is 0.379 e. The summed E-state index contributed by atoms with van der Waals surface area (Å²) in [5.41, 5.74) is 1.30. The minimum atomic E-state index is -0.689. The van der Waals surface area contributed by atoms with Gasteiger partial charge in [-0.25, -0.2) is 13.6 Å². The molecule has 1 fully saturated rings. The van der Waals surface area contributed by atoms with Crippen molar-refractivity contribution in [3.8, 4) is 11.4 Å². The van der Waals surface area contributed by atoms with Crippen LogP contribution >= 0.6 is 15.9 Å². The number of anilines is 2. The Hall–Kier alpha value is -3.05. The van der Waals surface area contributed by atoms with E-state index >= 15 is 0 Å². The Morgan fingerprint density at radius 3 is 2.70 bits per heavy atom. The maximum Gasteiger partial charge on any atom is 0.439 e. The number of carbonyl (C=O) groups excluding carboxylic acids is 1. The minimum Gasteiger partial charge on any atom is -0.379 e. The predicted molar refractivity (Wildman–Crippen MR) is 121 cm³/mol. The van der Waals surface area contributed by atoms with E-state index in [9.17, 15) is 18.4 Å². The molecule has 4 rings (SSSR count). The molecule has 0 spiro atoms. The zero-order valence-corrected chi connectivity index (χ0v) is 19.4. The first-order chi connectivity index (χ1) is 15.6. The number of nitrogens with zero attached hydrogens (tertiary/aromatic N) is 1. The highest BCUT2D eigenvalue weighted by Crippen LogP contribution is 2.34. The molecule has 0 aliphatic carbocycles. The summed E-state index contributed by atoms with van der Waals surface area (Å²) in [5.74, 6) is -2.33. The van der Waals surface area contributed by atoms with Gasteiger partial charge >= 0.3 is 5.76 Å². The van der Waals surface area contributed by atoms with Crippen LogP contribution in [0.2, 0.25) is 0 Å².